The summed E-state index contributed by atoms with van der Waals surface area (Å²) in [5, 5.41) is 0. The van der Waals surface area contributed by atoms with Crippen molar-refractivity contribution in [2.75, 3.05) is 13.2 Å². The van der Waals surface area contributed by atoms with Crippen molar-refractivity contribution in [1.82, 2.24) is 0 Å². The van der Waals surface area contributed by atoms with E-state index >= 15 is 0 Å². The third kappa shape index (κ3) is 15.0. The number of allylic oxidation sites excluding steroid dienone is 4. The summed E-state index contributed by atoms with van der Waals surface area (Å²) in [6, 6.07) is 0. The molecule has 20 heavy (non-hydrogen) atoms. The first-order chi connectivity index (χ1) is 9.49. The molecule has 0 saturated carbocycles. The van der Waals surface area contributed by atoms with E-state index in [0.29, 0.717) is 0 Å². The second-order valence-electron chi connectivity index (χ2n) is 3.90. The van der Waals surface area contributed by atoms with Gasteiger partial charge >= 0.3 is 51.6 Å². The molecule has 0 amide bonds. The molecule has 1 saturated heterocycles. The number of rotatable bonds is 0. The molecule has 0 spiro atoms. The van der Waals surface area contributed by atoms with Crippen LogP contribution < -0.4 is 0 Å². The maximum absolute atomic E-state index is 7.50. The van der Waals surface area contributed by atoms with E-state index in [4.69, 9.17) is 23.9 Å². The molecule has 1 fully saturated rings. The van der Waals surface area contributed by atoms with Crippen LogP contribution in [0.2, 0.25) is 0 Å². The summed E-state index contributed by atoms with van der Waals surface area (Å²) in [5.41, 5.74) is 1.44. The van der Waals surface area contributed by atoms with Gasteiger partial charge in [0.25, 0.3) is 20.4 Å². The van der Waals surface area contributed by atoms with Crippen LogP contribution >= 0.6 is 0 Å². The van der Waals surface area contributed by atoms with Crippen LogP contribution in [0, 0.1) is 0 Å². The van der Waals surface area contributed by atoms with Gasteiger partial charge in [0.2, 0.25) is 0 Å². The molecule has 0 aromatic heterocycles. The van der Waals surface area contributed by atoms with Gasteiger partial charge in [0, 0.05) is 0 Å². The Morgan fingerprint density at radius 1 is 1.00 bits per heavy atom. The molecule has 110 valence electrons. The summed E-state index contributed by atoms with van der Waals surface area (Å²) in [6.45, 7) is 20.9. The quantitative estimate of drug-likeness (QED) is 0.630. The topological polar surface area (TPSA) is 69.7 Å². The molecular weight excluding hydrogens is 303 g/mol. The minimum absolute atomic E-state index is 0.306. The van der Waals surface area contributed by atoms with Gasteiger partial charge in [-0.05, 0) is 13.8 Å². The van der Waals surface area contributed by atoms with Crippen LogP contribution in [0.15, 0.2) is 22.2 Å². The van der Waals surface area contributed by atoms with E-state index in [-0.39, 0.29) is 5.79 Å². The molecule has 6 radical (unpaired) electrons. The average Bonchev–Trinajstić information content (AvgIpc) is 3.05. The molecule has 0 aromatic carbocycles. The monoisotopic (exact) mass is 320 g/mol. The fourth-order valence-corrected chi connectivity index (χ4v) is 1.66. The third-order valence-corrected chi connectivity index (χ3v) is 2.38. The van der Waals surface area contributed by atoms with Crippen LogP contribution in [-0.4, -0.2) is 39.4 Å². The molecule has 0 N–H and O–H groups in total. The normalized spacial score (nSPS) is 17.2. The molecule has 6 heteroatoms. The second-order valence-corrected chi connectivity index (χ2v) is 4.66. The van der Waals surface area contributed by atoms with Gasteiger partial charge in [-0.1, -0.05) is 0 Å². The largest absolute Gasteiger partial charge is 0.281 e. The Hall–Kier alpha value is -1.07. The number of ether oxygens (including phenoxy) is 2. The van der Waals surface area contributed by atoms with Crippen LogP contribution in [0.25, 0.3) is 0 Å². The van der Waals surface area contributed by atoms with Gasteiger partial charge in [-0.25, -0.2) is 0 Å². The summed E-state index contributed by atoms with van der Waals surface area (Å²) in [5.74, 6) is -0.306. The molecule has 0 unspecified atom stereocenters. The van der Waals surface area contributed by atoms with Gasteiger partial charge in [-0.2, -0.15) is 0 Å². The van der Waals surface area contributed by atoms with Crippen molar-refractivity contribution < 1.29 is 39.9 Å². The van der Waals surface area contributed by atoms with Crippen LogP contribution in [-0.2, 0) is 39.9 Å². The molecule has 1 aliphatic carbocycles. The predicted molar refractivity (Wildman–Crippen MR) is 69.5 cm³/mol. The molecule has 0 aromatic rings. The first kappa shape index (κ1) is 24.0. The number of carbonyl (C=O) groups excluding carboxylic acids is 3. The van der Waals surface area contributed by atoms with E-state index in [2.05, 4.69) is 55.5 Å². The molecule has 2 aliphatic rings. The van der Waals surface area contributed by atoms with E-state index in [1.165, 1.54) is 10.0 Å². The van der Waals surface area contributed by atoms with Gasteiger partial charge < -0.3 is 9.47 Å². The predicted octanol–water partition coefficient (Wildman–Crippen LogP) is 1.35. The Morgan fingerprint density at radius 3 is 1.50 bits per heavy atom. The Kier molecular flexibility index (Phi) is 19.2. The van der Waals surface area contributed by atoms with E-state index in [1.54, 1.807) is 0 Å². The number of hydrogen-bond donors (Lipinski definition) is 0. The molecule has 1 aliphatic heterocycles. The summed E-state index contributed by atoms with van der Waals surface area (Å²) < 4.78 is 11.5. The summed E-state index contributed by atoms with van der Waals surface area (Å²) >= 11 is 3.39. The van der Waals surface area contributed by atoms with Crippen molar-refractivity contribution in [3.8, 4) is 0 Å². The zero-order chi connectivity index (χ0) is 16.6. The Bertz CT molecular complexity index is 271. The third-order valence-electron chi connectivity index (χ3n) is 1.98. The zero-order valence-electron chi connectivity index (χ0n) is 11.7. The smallest absolute Gasteiger partial charge is 0.281 e. The first-order valence-electron chi connectivity index (χ1n) is 5.40. The fourth-order valence-electron chi connectivity index (χ4n) is 1.23. The van der Waals surface area contributed by atoms with E-state index in [1.807, 2.05) is 13.8 Å². The van der Waals surface area contributed by atoms with Crippen molar-refractivity contribution in [3.63, 3.8) is 0 Å². The van der Waals surface area contributed by atoms with Crippen molar-refractivity contribution in [2.45, 2.75) is 33.0 Å². The molecule has 1 heterocycles. The molecule has 0 atom stereocenters. The SMILES string of the molecule is CC1(C)OCCO1.CC1=CC=[C]([Mn])C1.[C]=O.[C]=O.[C]=O. The average molecular weight is 320 g/mol. The van der Waals surface area contributed by atoms with E-state index < -0.39 is 0 Å². The van der Waals surface area contributed by atoms with Crippen LogP contribution in [0.1, 0.15) is 27.2 Å². The van der Waals surface area contributed by atoms with Crippen molar-refractivity contribution in [3.05, 3.63) is 22.2 Å². The van der Waals surface area contributed by atoms with Crippen LogP contribution in [0.5, 0.6) is 0 Å². The van der Waals surface area contributed by atoms with E-state index in [0.717, 1.165) is 19.6 Å². The van der Waals surface area contributed by atoms with Gasteiger partial charge in [0.05, 0.1) is 13.2 Å². The minimum Gasteiger partial charge on any atom is -0.281 e. The number of hydrogen-bond acceptors (Lipinski definition) is 5. The summed E-state index contributed by atoms with van der Waals surface area (Å²) in [7, 11) is 0. The van der Waals surface area contributed by atoms with Gasteiger partial charge in [0.1, 0.15) is 0 Å². The molecule has 2 rings (SSSR count). The summed E-state index contributed by atoms with van der Waals surface area (Å²) in [4.78, 5) is 22.5. The van der Waals surface area contributed by atoms with Crippen LogP contribution in [0.4, 0.5) is 0 Å². The minimum atomic E-state index is -0.306. The molecular formula is C14H17MnO5. The fraction of sp³-hybridized carbons (Fsp3) is 0.500. The van der Waals surface area contributed by atoms with E-state index in [9.17, 15) is 0 Å². The van der Waals surface area contributed by atoms with Gasteiger partial charge in [-0.15, -0.1) is 0 Å². The zero-order valence-corrected chi connectivity index (χ0v) is 12.9. The van der Waals surface area contributed by atoms with Gasteiger partial charge in [-0.3, -0.25) is 14.4 Å². The van der Waals surface area contributed by atoms with Crippen LogP contribution in [0.3, 0.4) is 0 Å². The van der Waals surface area contributed by atoms with Crippen molar-refractivity contribution >= 4 is 20.4 Å². The maximum Gasteiger partial charge on any atom is 0.281 e. The van der Waals surface area contributed by atoms with Crippen molar-refractivity contribution in [2.24, 2.45) is 0 Å². The Balaban J connectivity index is -0.000000211. The standard InChI is InChI=1S/C6H7.C5H10O2.3CO.Mn/c1-6-4-2-3-5-6;1-5(2)6-3-4-7-5;3*1-2;/h2,4H,5H2,1H3;3-4H2,1-2H3;;;;. The summed E-state index contributed by atoms with van der Waals surface area (Å²) in [6.07, 6.45) is 5.33. The maximum atomic E-state index is 7.50. The Morgan fingerprint density at radius 2 is 1.40 bits per heavy atom. The van der Waals surface area contributed by atoms with Crippen molar-refractivity contribution in [1.29, 1.82) is 0 Å². The molecule has 5 nitrogen and oxygen atoms in total. The molecule has 0 bridgehead atoms. The first-order valence-corrected chi connectivity index (χ1v) is 5.99. The second kappa shape index (κ2) is 16.0. The van der Waals surface area contributed by atoms with Gasteiger partial charge in [0.15, 0.2) is 5.79 Å². The Labute approximate surface area is 129 Å².